The maximum Gasteiger partial charge on any atom is 0.147 e. The summed E-state index contributed by atoms with van der Waals surface area (Å²) in [6.07, 6.45) is 11.9. The Balaban J connectivity index is 1.60. The van der Waals surface area contributed by atoms with Crippen LogP contribution in [0.15, 0.2) is 12.4 Å². The summed E-state index contributed by atoms with van der Waals surface area (Å²) in [6.45, 7) is 3.38. The standard InChI is InChI=1S/C14H20ClN3/c15-13-9-16-12(8-17-13)10-18-7-6-14(11-18)4-2-1-3-5-14/h8-9H,1-7,10-11H2. The van der Waals surface area contributed by atoms with Crippen LogP contribution in [-0.4, -0.2) is 28.0 Å². The molecule has 3 rings (SSSR count). The molecule has 98 valence electrons. The molecule has 1 aromatic rings. The van der Waals surface area contributed by atoms with Crippen molar-refractivity contribution in [2.75, 3.05) is 13.1 Å². The Morgan fingerprint density at radius 1 is 1.11 bits per heavy atom. The summed E-state index contributed by atoms with van der Waals surface area (Å²) in [5.41, 5.74) is 1.66. The summed E-state index contributed by atoms with van der Waals surface area (Å²) in [7, 11) is 0. The molecule has 0 radical (unpaired) electrons. The second-order valence-electron chi connectivity index (χ2n) is 5.85. The molecule has 1 saturated heterocycles. The highest BCUT2D eigenvalue weighted by Gasteiger charge is 2.38. The third-order valence-corrected chi connectivity index (χ3v) is 4.69. The second-order valence-corrected chi connectivity index (χ2v) is 6.24. The van der Waals surface area contributed by atoms with Gasteiger partial charge in [0.2, 0.25) is 0 Å². The van der Waals surface area contributed by atoms with Gasteiger partial charge in [0, 0.05) is 13.1 Å². The molecule has 1 aliphatic heterocycles. The van der Waals surface area contributed by atoms with Crippen LogP contribution in [0.2, 0.25) is 5.15 Å². The number of nitrogens with zero attached hydrogens (tertiary/aromatic N) is 3. The van der Waals surface area contributed by atoms with Crippen molar-refractivity contribution in [3.8, 4) is 0 Å². The van der Waals surface area contributed by atoms with Crippen molar-refractivity contribution in [3.63, 3.8) is 0 Å². The molecule has 1 aliphatic carbocycles. The lowest BCUT2D eigenvalue weighted by Crippen LogP contribution is -2.29. The third-order valence-electron chi connectivity index (χ3n) is 4.49. The molecule has 18 heavy (non-hydrogen) atoms. The molecule has 1 aromatic heterocycles. The molecule has 2 heterocycles. The summed E-state index contributed by atoms with van der Waals surface area (Å²) in [5.74, 6) is 0. The zero-order chi connectivity index (χ0) is 12.4. The van der Waals surface area contributed by atoms with E-state index in [0.717, 1.165) is 12.2 Å². The first-order valence-electron chi connectivity index (χ1n) is 6.95. The van der Waals surface area contributed by atoms with E-state index < -0.39 is 0 Å². The van der Waals surface area contributed by atoms with Crippen LogP contribution in [0.4, 0.5) is 0 Å². The van der Waals surface area contributed by atoms with Gasteiger partial charge in [-0.3, -0.25) is 9.88 Å². The summed E-state index contributed by atoms with van der Waals surface area (Å²) >= 11 is 5.76. The molecule has 0 bridgehead atoms. The van der Waals surface area contributed by atoms with Gasteiger partial charge in [-0.2, -0.15) is 0 Å². The highest BCUT2D eigenvalue weighted by molar-refractivity contribution is 6.29. The number of hydrogen-bond donors (Lipinski definition) is 0. The van der Waals surface area contributed by atoms with E-state index in [4.69, 9.17) is 11.6 Å². The minimum absolute atomic E-state index is 0.476. The van der Waals surface area contributed by atoms with Gasteiger partial charge in [0.15, 0.2) is 0 Å². The lowest BCUT2D eigenvalue weighted by Gasteiger charge is -2.33. The summed E-state index contributed by atoms with van der Waals surface area (Å²) < 4.78 is 0. The van der Waals surface area contributed by atoms with Crippen molar-refractivity contribution >= 4 is 11.6 Å². The van der Waals surface area contributed by atoms with Crippen LogP contribution in [0.5, 0.6) is 0 Å². The van der Waals surface area contributed by atoms with Gasteiger partial charge in [-0.25, -0.2) is 4.98 Å². The number of rotatable bonds is 2. The summed E-state index contributed by atoms with van der Waals surface area (Å²) in [4.78, 5) is 11.0. The van der Waals surface area contributed by atoms with Gasteiger partial charge in [-0.15, -0.1) is 0 Å². The molecule has 2 aliphatic rings. The average molecular weight is 266 g/mol. The molecule has 0 amide bonds. The molecular weight excluding hydrogens is 246 g/mol. The SMILES string of the molecule is Clc1cnc(CN2CCC3(CCCCC3)C2)cn1. The van der Waals surface area contributed by atoms with Crippen LogP contribution < -0.4 is 0 Å². The van der Waals surface area contributed by atoms with Gasteiger partial charge < -0.3 is 0 Å². The van der Waals surface area contributed by atoms with Gasteiger partial charge in [0.05, 0.1) is 18.1 Å². The Morgan fingerprint density at radius 2 is 1.94 bits per heavy atom. The first kappa shape index (κ1) is 12.4. The van der Waals surface area contributed by atoms with Crippen molar-refractivity contribution in [2.45, 2.75) is 45.1 Å². The average Bonchev–Trinajstić information content (AvgIpc) is 2.76. The van der Waals surface area contributed by atoms with Crippen LogP contribution in [0.3, 0.4) is 0 Å². The molecule has 0 aromatic carbocycles. The van der Waals surface area contributed by atoms with Crippen LogP contribution in [-0.2, 0) is 6.54 Å². The van der Waals surface area contributed by atoms with Crippen molar-refractivity contribution in [1.82, 2.24) is 14.9 Å². The van der Waals surface area contributed by atoms with E-state index in [-0.39, 0.29) is 0 Å². The molecule has 1 saturated carbocycles. The highest BCUT2D eigenvalue weighted by atomic mass is 35.5. The zero-order valence-electron chi connectivity index (χ0n) is 10.7. The topological polar surface area (TPSA) is 29.0 Å². The highest BCUT2D eigenvalue weighted by Crippen LogP contribution is 2.43. The predicted molar refractivity (Wildman–Crippen MR) is 72.5 cm³/mol. The number of hydrogen-bond acceptors (Lipinski definition) is 3. The maximum absolute atomic E-state index is 5.76. The summed E-state index contributed by atoms with van der Waals surface area (Å²) in [5, 5.41) is 0.476. The van der Waals surface area contributed by atoms with Crippen molar-refractivity contribution < 1.29 is 0 Å². The first-order chi connectivity index (χ1) is 8.76. The van der Waals surface area contributed by atoms with E-state index >= 15 is 0 Å². The third kappa shape index (κ3) is 2.67. The minimum Gasteiger partial charge on any atom is -0.297 e. The van der Waals surface area contributed by atoms with Crippen LogP contribution in [0.25, 0.3) is 0 Å². The minimum atomic E-state index is 0.476. The largest absolute Gasteiger partial charge is 0.297 e. The number of halogens is 1. The van der Waals surface area contributed by atoms with E-state index in [9.17, 15) is 0 Å². The summed E-state index contributed by atoms with van der Waals surface area (Å²) in [6, 6.07) is 0. The number of aromatic nitrogens is 2. The Hall–Kier alpha value is -0.670. The Morgan fingerprint density at radius 3 is 2.67 bits per heavy atom. The van der Waals surface area contributed by atoms with Gasteiger partial charge in [-0.1, -0.05) is 30.9 Å². The lowest BCUT2D eigenvalue weighted by atomic mass is 9.73. The Labute approximate surface area is 114 Å². The first-order valence-corrected chi connectivity index (χ1v) is 7.32. The Bertz CT molecular complexity index is 398. The molecule has 0 atom stereocenters. The molecule has 3 nitrogen and oxygen atoms in total. The van der Waals surface area contributed by atoms with Gasteiger partial charge in [-0.05, 0) is 31.2 Å². The Kier molecular flexibility index (Phi) is 3.53. The molecular formula is C14H20ClN3. The van der Waals surface area contributed by atoms with Crippen LogP contribution >= 0.6 is 11.6 Å². The fourth-order valence-corrected chi connectivity index (χ4v) is 3.62. The zero-order valence-corrected chi connectivity index (χ0v) is 11.5. The van der Waals surface area contributed by atoms with E-state index in [1.807, 2.05) is 0 Å². The van der Waals surface area contributed by atoms with Crippen molar-refractivity contribution in [1.29, 1.82) is 0 Å². The van der Waals surface area contributed by atoms with Crippen molar-refractivity contribution in [3.05, 3.63) is 23.2 Å². The maximum atomic E-state index is 5.76. The fourth-order valence-electron chi connectivity index (χ4n) is 3.52. The molecule has 0 unspecified atom stereocenters. The fraction of sp³-hybridized carbons (Fsp3) is 0.714. The number of likely N-dealkylation sites (tertiary alicyclic amines) is 1. The van der Waals surface area contributed by atoms with Crippen LogP contribution in [0.1, 0.15) is 44.2 Å². The van der Waals surface area contributed by atoms with Crippen LogP contribution in [0, 0.1) is 5.41 Å². The molecule has 4 heteroatoms. The van der Waals surface area contributed by atoms with Crippen molar-refractivity contribution in [2.24, 2.45) is 5.41 Å². The van der Waals surface area contributed by atoms with E-state index in [1.165, 1.54) is 51.6 Å². The molecule has 2 fully saturated rings. The van der Waals surface area contributed by atoms with Gasteiger partial charge >= 0.3 is 0 Å². The van der Waals surface area contributed by atoms with E-state index in [2.05, 4.69) is 14.9 Å². The monoisotopic (exact) mass is 265 g/mol. The van der Waals surface area contributed by atoms with E-state index in [0.29, 0.717) is 10.6 Å². The predicted octanol–water partition coefficient (Wildman–Crippen LogP) is 3.29. The van der Waals surface area contributed by atoms with Gasteiger partial charge in [0.25, 0.3) is 0 Å². The normalized spacial score (nSPS) is 23.6. The smallest absolute Gasteiger partial charge is 0.147 e. The molecule has 0 N–H and O–H groups in total. The molecule has 1 spiro atoms. The van der Waals surface area contributed by atoms with Gasteiger partial charge in [0.1, 0.15) is 5.15 Å². The van der Waals surface area contributed by atoms with E-state index in [1.54, 1.807) is 12.4 Å². The quantitative estimate of drug-likeness (QED) is 0.822. The second kappa shape index (κ2) is 5.14. The lowest BCUT2D eigenvalue weighted by molar-refractivity contribution is 0.183.